The standard InChI is InChI=1S/C12H17NO5S/c1-12(2,3)17-11(14)13-9-6-5-7-10(8-9)18-19(4,15)16/h5-8H,1-4H3,(H,13,14). The van der Waals surface area contributed by atoms with Crippen LogP contribution in [0.25, 0.3) is 0 Å². The smallest absolute Gasteiger partial charge is 0.412 e. The first-order valence-electron chi connectivity index (χ1n) is 5.55. The number of benzene rings is 1. The first-order valence-corrected chi connectivity index (χ1v) is 7.36. The lowest BCUT2D eigenvalue weighted by atomic mass is 10.2. The highest BCUT2D eigenvalue weighted by Gasteiger charge is 2.16. The molecule has 1 aromatic rings. The van der Waals surface area contributed by atoms with E-state index in [1.807, 2.05) is 0 Å². The molecule has 7 heteroatoms. The van der Waals surface area contributed by atoms with E-state index in [9.17, 15) is 13.2 Å². The number of carbonyl (C=O) groups is 1. The molecule has 106 valence electrons. The Kier molecular flexibility index (Phi) is 4.41. The number of anilines is 1. The van der Waals surface area contributed by atoms with Crippen LogP contribution in [-0.4, -0.2) is 26.4 Å². The summed E-state index contributed by atoms with van der Waals surface area (Å²) in [6, 6.07) is 6.03. The zero-order valence-corrected chi connectivity index (χ0v) is 12.1. The molecule has 0 fully saturated rings. The van der Waals surface area contributed by atoms with Crippen LogP contribution >= 0.6 is 0 Å². The summed E-state index contributed by atoms with van der Waals surface area (Å²) >= 11 is 0. The molecule has 0 spiro atoms. The van der Waals surface area contributed by atoms with Gasteiger partial charge in [0, 0.05) is 11.8 Å². The summed E-state index contributed by atoms with van der Waals surface area (Å²) in [6.45, 7) is 5.24. The second-order valence-electron chi connectivity index (χ2n) is 4.94. The van der Waals surface area contributed by atoms with E-state index in [-0.39, 0.29) is 5.75 Å². The van der Waals surface area contributed by atoms with Crippen molar-refractivity contribution >= 4 is 21.9 Å². The van der Waals surface area contributed by atoms with E-state index in [0.717, 1.165) is 6.26 Å². The minimum Gasteiger partial charge on any atom is -0.444 e. The fourth-order valence-electron chi connectivity index (χ4n) is 1.22. The van der Waals surface area contributed by atoms with Crippen LogP contribution in [0.5, 0.6) is 5.75 Å². The third-order valence-electron chi connectivity index (χ3n) is 1.73. The molecule has 0 aromatic heterocycles. The fraction of sp³-hybridized carbons (Fsp3) is 0.417. The number of nitrogens with one attached hydrogen (secondary N) is 1. The van der Waals surface area contributed by atoms with Crippen molar-refractivity contribution in [2.45, 2.75) is 26.4 Å². The van der Waals surface area contributed by atoms with Crippen LogP contribution in [0.3, 0.4) is 0 Å². The van der Waals surface area contributed by atoms with Crippen molar-refractivity contribution in [1.29, 1.82) is 0 Å². The fourth-order valence-corrected chi connectivity index (χ4v) is 1.68. The lowest BCUT2D eigenvalue weighted by Gasteiger charge is -2.19. The summed E-state index contributed by atoms with van der Waals surface area (Å²) in [5.74, 6) is 0.121. The monoisotopic (exact) mass is 287 g/mol. The van der Waals surface area contributed by atoms with Crippen LogP contribution in [-0.2, 0) is 14.9 Å². The van der Waals surface area contributed by atoms with Crippen molar-refractivity contribution in [3.63, 3.8) is 0 Å². The van der Waals surface area contributed by atoms with E-state index >= 15 is 0 Å². The number of carbonyl (C=O) groups excluding carboxylic acids is 1. The molecule has 0 saturated carbocycles. The van der Waals surface area contributed by atoms with Gasteiger partial charge in [0.05, 0.1) is 6.26 Å². The predicted molar refractivity (Wildman–Crippen MR) is 71.8 cm³/mol. The highest BCUT2D eigenvalue weighted by atomic mass is 32.2. The first kappa shape index (κ1) is 15.3. The topological polar surface area (TPSA) is 81.7 Å². The molecule has 1 rings (SSSR count). The second kappa shape index (κ2) is 5.48. The highest BCUT2D eigenvalue weighted by Crippen LogP contribution is 2.19. The third kappa shape index (κ3) is 6.66. The van der Waals surface area contributed by atoms with Crippen molar-refractivity contribution < 1.29 is 22.1 Å². The van der Waals surface area contributed by atoms with Crippen molar-refractivity contribution in [1.82, 2.24) is 0 Å². The van der Waals surface area contributed by atoms with Crippen molar-refractivity contribution in [3.05, 3.63) is 24.3 Å². The Morgan fingerprint density at radius 1 is 1.26 bits per heavy atom. The number of amides is 1. The zero-order valence-electron chi connectivity index (χ0n) is 11.3. The summed E-state index contributed by atoms with van der Waals surface area (Å²) in [6.07, 6.45) is 0.324. The molecule has 1 amide bonds. The average molecular weight is 287 g/mol. The van der Waals surface area contributed by atoms with E-state index in [2.05, 4.69) is 5.32 Å². The molecule has 0 saturated heterocycles. The molecule has 0 radical (unpaired) electrons. The molecule has 0 aliphatic carbocycles. The maximum atomic E-state index is 11.5. The zero-order chi connectivity index (χ0) is 14.7. The highest BCUT2D eigenvalue weighted by molar-refractivity contribution is 7.86. The lowest BCUT2D eigenvalue weighted by molar-refractivity contribution is 0.0636. The van der Waals surface area contributed by atoms with Crippen molar-refractivity contribution in [2.75, 3.05) is 11.6 Å². The van der Waals surface area contributed by atoms with Gasteiger partial charge in [-0.1, -0.05) is 6.07 Å². The molecule has 6 nitrogen and oxygen atoms in total. The number of hydrogen-bond acceptors (Lipinski definition) is 5. The quantitative estimate of drug-likeness (QED) is 0.863. The maximum Gasteiger partial charge on any atom is 0.412 e. The van der Waals surface area contributed by atoms with E-state index < -0.39 is 21.8 Å². The van der Waals surface area contributed by atoms with Crippen molar-refractivity contribution in [2.24, 2.45) is 0 Å². The minimum atomic E-state index is -3.60. The lowest BCUT2D eigenvalue weighted by Crippen LogP contribution is -2.27. The first-order chi connectivity index (χ1) is 8.55. The molecule has 1 aromatic carbocycles. The Morgan fingerprint density at radius 2 is 1.89 bits per heavy atom. The van der Waals surface area contributed by atoms with Gasteiger partial charge in [-0.3, -0.25) is 5.32 Å². The molecule has 0 unspecified atom stereocenters. The van der Waals surface area contributed by atoms with Crippen LogP contribution in [0, 0.1) is 0 Å². The molecule has 1 N–H and O–H groups in total. The second-order valence-corrected chi connectivity index (χ2v) is 6.52. The SMILES string of the molecule is CC(C)(C)OC(=O)Nc1cccc(OS(C)(=O)=O)c1. The van der Waals surface area contributed by atoms with Crippen LogP contribution in [0.4, 0.5) is 10.5 Å². The predicted octanol–water partition coefficient (Wildman–Crippen LogP) is 2.37. The third-order valence-corrected chi connectivity index (χ3v) is 2.22. The summed E-state index contributed by atoms with van der Waals surface area (Å²) in [5.41, 5.74) is -0.222. The summed E-state index contributed by atoms with van der Waals surface area (Å²) in [5, 5.41) is 2.49. The van der Waals surface area contributed by atoms with E-state index in [0.29, 0.717) is 5.69 Å². The van der Waals surface area contributed by atoms with E-state index in [1.54, 1.807) is 32.9 Å². The van der Waals surface area contributed by atoms with E-state index in [1.165, 1.54) is 12.1 Å². The largest absolute Gasteiger partial charge is 0.444 e. The van der Waals surface area contributed by atoms with Gasteiger partial charge in [-0.2, -0.15) is 8.42 Å². The van der Waals surface area contributed by atoms with Gasteiger partial charge >= 0.3 is 16.2 Å². The molecule has 19 heavy (non-hydrogen) atoms. The molecule has 0 atom stereocenters. The van der Waals surface area contributed by atoms with Crippen LogP contribution < -0.4 is 9.50 Å². The van der Waals surface area contributed by atoms with Crippen LogP contribution in [0.15, 0.2) is 24.3 Å². The van der Waals surface area contributed by atoms with Crippen LogP contribution in [0.2, 0.25) is 0 Å². The Bertz CT molecular complexity index is 560. The van der Waals surface area contributed by atoms with Gasteiger partial charge < -0.3 is 8.92 Å². The van der Waals surface area contributed by atoms with Gasteiger partial charge in [-0.25, -0.2) is 4.79 Å². The van der Waals surface area contributed by atoms with E-state index in [4.69, 9.17) is 8.92 Å². The normalized spacial score (nSPS) is 11.8. The number of ether oxygens (including phenoxy) is 1. The molecule has 0 heterocycles. The van der Waals surface area contributed by atoms with Crippen molar-refractivity contribution in [3.8, 4) is 5.75 Å². The molecule has 0 aliphatic heterocycles. The van der Waals surface area contributed by atoms with Gasteiger partial charge in [0.2, 0.25) is 0 Å². The maximum absolute atomic E-state index is 11.5. The Morgan fingerprint density at radius 3 is 2.42 bits per heavy atom. The number of hydrogen-bond donors (Lipinski definition) is 1. The van der Waals surface area contributed by atoms with Gasteiger partial charge in [-0.05, 0) is 32.9 Å². The Labute approximate surface area is 112 Å². The van der Waals surface area contributed by atoms with Gasteiger partial charge in [-0.15, -0.1) is 0 Å². The van der Waals surface area contributed by atoms with Gasteiger partial charge in [0.25, 0.3) is 0 Å². The summed E-state index contributed by atoms with van der Waals surface area (Å²) in [7, 11) is -3.60. The van der Waals surface area contributed by atoms with Crippen LogP contribution in [0.1, 0.15) is 20.8 Å². The molecule has 0 bridgehead atoms. The van der Waals surface area contributed by atoms with Gasteiger partial charge in [0.1, 0.15) is 11.4 Å². The molecular formula is C12H17NO5S. The summed E-state index contributed by atoms with van der Waals surface area (Å²) < 4.78 is 31.8. The van der Waals surface area contributed by atoms with Gasteiger partial charge in [0.15, 0.2) is 0 Å². The summed E-state index contributed by atoms with van der Waals surface area (Å²) in [4.78, 5) is 11.5. The molecule has 0 aliphatic rings. The molecular weight excluding hydrogens is 270 g/mol. The number of rotatable bonds is 3. The Balaban J connectivity index is 2.75. The Hall–Kier alpha value is -1.76. The average Bonchev–Trinajstić information content (AvgIpc) is 2.11. The minimum absolute atomic E-state index is 0.121.